The average molecular weight is 714 g/mol. The minimum Gasteiger partial charge on any atom is -0.493 e. The van der Waals surface area contributed by atoms with Gasteiger partial charge in [0.1, 0.15) is 11.6 Å². The van der Waals surface area contributed by atoms with Crippen molar-refractivity contribution in [1.29, 1.82) is 0 Å². The summed E-state index contributed by atoms with van der Waals surface area (Å²) in [6, 6.07) is 17.9. The standard InChI is InChI=1S/C39H47N5O8/c1-25(2)21-31(35(47)42-30(23-34(45)46)27-15-18-32(51-3)33(22-27)52-4)44-36(48)39(19-9-6-10-20-39)43(38(44)50)24-26-13-16-29(17-14-26)41-37(49)40-28-11-7-5-8-12-28/h5,7-8,11-18,22,25,30-31H,6,9-10,19-21,23-24H2,1-4H3,(H,42,47)(H,45,46)(H2,40,41,49)/t30-,31-/m0/s1. The topological polar surface area (TPSA) is 167 Å². The Morgan fingerprint density at radius 2 is 1.48 bits per heavy atom. The Balaban J connectivity index is 1.39. The van der Waals surface area contributed by atoms with Crippen molar-refractivity contribution in [2.24, 2.45) is 5.92 Å². The van der Waals surface area contributed by atoms with E-state index in [0.29, 0.717) is 41.3 Å². The lowest BCUT2D eigenvalue weighted by molar-refractivity contribution is -0.142. The number of urea groups is 2. The number of carboxylic acid groups (broad SMARTS) is 1. The molecule has 5 rings (SSSR count). The van der Waals surface area contributed by atoms with Crippen LogP contribution in [0.3, 0.4) is 0 Å². The number of carbonyl (C=O) groups excluding carboxylic acids is 4. The van der Waals surface area contributed by atoms with Crippen LogP contribution in [0.5, 0.6) is 11.5 Å². The highest BCUT2D eigenvalue weighted by Gasteiger charge is 2.59. The number of ether oxygens (including phenoxy) is 2. The van der Waals surface area contributed by atoms with Gasteiger partial charge in [-0.15, -0.1) is 0 Å². The fourth-order valence-electron chi connectivity index (χ4n) is 7.09. The van der Waals surface area contributed by atoms with Crippen LogP contribution in [0.2, 0.25) is 0 Å². The van der Waals surface area contributed by atoms with Crippen molar-refractivity contribution in [3.63, 3.8) is 0 Å². The fraction of sp³-hybridized carbons (Fsp3) is 0.410. The van der Waals surface area contributed by atoms with Crippen molar-refractivity contribution in [1.82, 2.24) is 15.1 Å². The lowest BCUT2D eigenvalue weighted by Gasteiger charge is -2.38. The Kier molecular flexibility index (Phi) is 12.0. The van der Waals surface area contributed by atoms with Gasteiger partial charge in [0.15, 0.2) is 11.5 Å². The lowest BCUT2D eigenvalue weighted by Crippen LogP contribution is -2.53. The molecule has 1 saturated heterocycles. The van der Waals surface area contributed by atoms with Crippen LogP contribution in [0.4, 0.5) is 21.0 Å². The van der Waals surface area contributed by atoms with Crippen LogP contribution in [0.15, 0.2) is 72.8 Å². The summed E-state index contributed by atoms with van der Waals surface area (Å²) in [5.41, 5.74) is 1.31. The third-order valence-corrected chi connectivity index (χ3v) is 9.65. The molecule has 0 bridgehead atoms. The molecule has 1 saturated carbocycles. The predicted octanol–water partition coefficient (Wildman–Crippen LogP) is 6.56. The largest absolute Gasteiger partial charge is 0.493 e. The zero-order valence-electron chi connectivity index (χ0n) is 30.0. The van der Waals surface area contributed by atoms with Crippen LogP contribution in [0, 0.1) is 5.92 Å². The van der Waals surface area contributed by atoms with Gasteiger partial charge in [-0.05, 0) is 72.7 Å². The highest BCUT2D eigenvalue weighted by Crippen LogP contribution is 2.43. The maximum atomic E-state index is 14.5. The van der Waals surface area contributed by atoms with Gasteiger partial charge in [-0.1, -0.05) is 69.5 Å². The zero-order chi connectivity index (χ0) is 37.4. The number of nitrogens with one attached hydrogen (secondary N) is 3. The van der Waals surface area contributed by atoms with E-state index in [4.69, 9.17) is 9.47 Å². The van der Waals surface area contributed by atoms with Gasteiger partial charge in [0, 0.05) is 17.9 Å². The maximum absolute atomic E-state index is 14.5. The first-order chi connectivity index (χ1) is 24.9. The number of nitrogens with zero attached hydrogens (tertiary/aromatic N) is 2. The Morgan fingerprint density at radius 3 is 2.08 bits per heavy atom. The summed E-state index contributed by atoms with van der Waals surface area (Å²) in [5, 5.41) is 18.2. The number of carboxylic acids is 1. The molecule has 3 aromatic carbocycles. The molecule has 52 heavy (non-hydrogen) atoms. The summed E-state index contributed by atoms with van der Waals surface area (Å²) in [6.45, 7) is 3.93. The summed E-state index contributed by atoms with van der Waals surface area (Å²) in [6.07, 6.45) is 3.12. The number of rotatable bonds is 14. The highest BCUT2D eigenvalue weighted by atomic mass is 16.5. The second-order valence-electron chi connectivity index (χ2n) is 13.7. The number of para-hydroxylation sites is 1. The number of carbonyl (C=O) groups is 5. The van der Waals surface area contributed by atoms with Crippen molar-refractivity contribution in [2.45, 2.75) is 83.0 Å². The third kappa shape index (κ3) is 8.47. The summed E-state index contributed by atoms with van der Waals surface area (Å²) in [4.78, 5) is 70.4. The molecule has 2 aliphatic rings. The Labute approximate surface area is 303 Å². The molecule has 1 spiro atoms. The van der Waals surface area contributed by atoms with Crippen molar-refractivity contribution < 1.29 is 38.6 Å². The van der Waals surface area contributed by atoms with E-state index in [-0.39, 0.29) is 18.9 Å². The van der Waals surface area contributed by atoms with E-state index in [1.165, 1.54) is 14.2 Å². The Morgan fingerprint density at radius 1 is 0.846 bits per heavy atom. The van der Waals surface area contributed by atoms with Gasteiger partial charge in [-0.25, -0.2) is 14.5 Å². The molecule has 2 atom stereocenters. The second kappa shape index (κ2) is 16.6. The number of hydrogen-bond acceptors (Lipinski definition) is 7. The summed E-state index contributed by atoms with van der Waals surface area (Å²) >= 11 is 0. The van der Waals surface area contributed by atoms with E-state index in [0.717, 1.165) is 29.7 Å². The van der Waals surface area contributed by atoms with Crippen LogP contribution >= 0.6 is 0 Å². The molecule has 3 aromatic rings. The molecule has 2 fully saturated rings. The van der Waals surface area contributed by atoms with E-state index in [9.17, 15) is 29.1 Å². The van der Waals surface area contributed by atoms with E-state index in [1.807, 2.05) is 32.0 Å². The van der Waals surface area contributed by atoms with Gasteiger partial charge in [0.05, 0.1) is 26.7 Å². The molecular weight excluding hydrogens is 666 g/mol. The minimum atomic E-state index is -1.17. The van der Waals surface area contributed by atoms with Crippen molar-refractivity contribution >= 4 is 41.2 Å². The van der Waals surface area contributed by atoms with Crippen molar-refractivity contribution in [3.05, 3.63) is 83.9 Å². The molecule has 13 nitrogen and oxygen atoms in total. The number of aliphatic carboxylic acids is 1. The molecule has 0 aromatic heterocycles. The number of benzene rings is 3. The molecule has 6 amide bonds. The predicted molar refractivity (Wildman–Crippen MR) is 195 cm³/mol. The molecular formula is C39H47N5O8. The first-order valence-corrected chi connectivity index (χ1v) is 17.6. The fourth-order valence-corrected chi connectivity index (χ4v) is 7.09. The first kappa shape index (κ1) is 37.7. The van der Waals surface area contributed by atoms with E-state index >= 15 is 0 Å². The normalized spacial score (nSPS) is 16.4. The van der Waals surface area contributed by atoms with Gasteiger partial charge in [-0.3, -0.25) is 14.4 Å². The van der Waals surface area contributed by atoms with Gasteiger partial charge >= 0.3 is 18.0 Å². The minimum absolute atomic E-state index is 0.0779. The average Bonchev–Trinajstić information content (AvgIpc) is 3.31. The molecule has 4 N–H and O–H groups in total. The van der Waals surface area contributed by atoms with E-state index in [1.54, 1.807) is 59.5 Å². The number of amides is 6. The molecule has 1 aliphatic heterocycles. The van der Waals surface area contributed by atoms with E-state index < -0.39 is 53.9 Å². The molecule has 13 heteroatoms. The second-order valence-corrected chi connectivity index (χ2v) is 13.7. The molecule has 0 unspecified atom stereocenters. The smallest absolute Gasteiger partial charge is 0.328 e. The maximum Gasteiger partial charge on any atom is 0.328 e. The number of imide groups is 1. The van der Waals surface area contributed by atoms with Gasteiger partial charge in [-0.2, -0.15) is 0 Å². The highest BCUT2D eigenvalue weighted by molar-refractivity contribution is 6.10. The van der Waals surface area contributed by atoms with Crippen LogP contribution in [0.25, 0.3) is 0 Å². The van der Waals surface area contributed by atoms with Crippen LogP contribution in [-0.4, -0.2) is 70.6 Å². The van der Waals surface area contributed by atoms with Crippen LogP contribution < -0.4 is 25.4 Å². The molecule has 276 valence electrons. The van der Waals surface area contributed by atoms with Gasteiger partial charge in [0.2, 0.25) is 5.91 Å². The number of methoxy groups -OCH3 is 2. The summed E-state index contributed by atoms with van der Waals surface area (Å²) < 4.78 is 10.7. The third-order valence-electron chi connectivity index (χ3n) is 9.65. The quantitative estimate of drug-likeness (QED) is 0.136. The number of hydrogen-bond donors (Lipinski definition) is 4. The molecule has 1 aliphatic carbocycles. The summed E-state index contributed by atoms with van der Waals surface area (Å²) in [7, 11) is 2.94. The Bertz CT molecular complexity index is 1760. The lowest BCUT2D eigenvalue weighted by atomic mass is 9.80. The SMILES string of the molecule is COc1ccc([C@H](CC(=O)O)NC(=O)[C@H](CC(C)C)N2C(=O)N(Cc3ccc(NC(=O)Nc4ccccc4)cc3)C3(CCCCC3)C2=O)cc1OC. The zero-order valence-corrected chi connectivity index (χ0v) is 30.0. The van der Waals surface area contributed by atoms with Gasteiger partial charge in [0.25, 0.3) is 5.91 Å². The first-order valence-electron chi connectivity index (χ1n) is 17.6. The van der Waals surface area contributed by atoms with E-state index in [2.05, 4.69) is 16.0 Å². The number of anilines is 2. The van der Waals surface area contributed by atoms with Crippen LogP contribution in [0.1, 0.15) is 76.0 Å². The molecule has 1 heterocycles. The van der Waals surface area contributed by atoms with Crippen molar-refractivity contribution in [2.75, 3.05) is 24.9 Å². The monoisotopic (exact) mass is 713 g/mol. The Hall–Kier alpha value is -5.59. The van der Waals surface area contributed by atoms with Crippen LogP contribution in [-0.2, 0) is 20.9 Å². The van der Waals surface area contributed by atoms with Crippen molar-refractivity contribution in [3.8, 4) is 11.5 Å². The molecule has 0 radical (unpaired) electrons. The summed E-state index contributed by atoms with van der Waals surface area (Å²) in [5.74, 6) is -1.44. The van der Waals surface area contributed by atoms with Gasteiger partial charge < -0.3 is 35.4 Å².